The van der Waals surface area contributed by atoms with Gasteiger partial charge in [0.15, 0.2) is 0 Å². The number of rotatable bonds is 4. The Bertz CT molecular complexity index is 130. The summed E-state index contributed by atoms with van der Waals surface area (Å²) in [5.41, 5.74) is 0. The van der Waals surface area contributed by atoms with Gasteiger partial charge < -0.3 is 10.1 Å². The summed E-state index contributed by atoms with van der Waals surface area (Å²) >= 11 is 0. The Labute approximate surface area is 82.0 Å². The Kier molecular flexibility index (Phi) is 4.74. The third-order valence-electron chi connectivity index (χ3n) is 2.76. The van der Waals surface area contributed by atoms with Crippen LogP contribution < -0.4 is 5.32 Å². The molecule has 2 heteroatoms. The molecule has 0 spiro atoms. The molecule has 2 unspecified atom stereocenters. The Balaban J connectivity index is 2.34. The minimum atomic E-state index is 0.459. The largest absolute Gasteiger partial charge is 0.377 e. The van der Waals surface area contributed by atoms with E-state index in [9.17, 15) is 0 Å². The minimum absolute atomic E-state index is 0.459. The van der Waals surface area contributed by atoms with Gasteiger partial charge in [0.2, 0.25) is 0 Å². The van der Waals surface area contributed by atoms with Gasteiger partial charge in [-0.25, -0.2) is 0 Å². The molecule has 1 heterocycles. The van der Waals surface area contributed by atoms with Gasteiger partial charge >= 0.3 is 0 Å². The number of likely N-dealkylation sites (N-methyl/N-ethyl adjacent to an activating group) is 1. The molecule has 0 radical (unpaired) electrons. The fourth-order valence-corrected chi connectivity index (χ4v) is 2.05. The monoisotopic (exact) mass is 185 g/mol. The van der Waals surface area contributed by atoms with Gasteiger partial charge in [-0.2, -0.15) is 0 Å². The Morgan fingerprint density at radius 1 is 1.38 bits per heavy atom. The van der Waals surface area contributed by atoms with E-state index >= 15 is 0 Å². The van der Waals surface area contributed by atoms with Crippen LogP contribution >= 0.6 is 0 Å². The normalized spacial score (nSPS) is 26.3. The lowest BCUT2D eigenvalue weighted by atomic mass is 9.95. The first-order valence-corrected chi connectivity index (χ1v) is 5.53. The smallest absolute Gasteiger partial charge is 0.0728 e. The second-order valence-electron chi connectivity index (χ2n) is 4.43. The number of nitrogens with one attached hydrogen (secondary N) is 1. The van der Waals surface area contributed by atoms with E-state index in [4.69, 9.17) is 4.74 Å². The van der Waals surface area contributed by atoms with E-state index in [1.807, 2.05) is 7.05 Å². The lowest BCUT2D eigenvalue weighted by molar-refractivity contribution is -0.0101. The maximum atomic E-state index is 5.77. The molecule has 78 valence electrons. The first-order valence-electron chi connectivity index (χ1n) is 5.53. The van der Waals surface area contributed by atoms with Crippen LogP contribution in [0.4, 0.5) is 0 Å². The van der Waals surface area contributed by atoms with Crippen molar-refractivity contribution in [1.29, 1.82) is 0 Å². The standard InChI is InChI=1S/C11H23NO/c1-9(2)8-10(12-3)11-6-4-5-7-13-11/h9-12H,4-8H2,1-3H3. The molecule has 2 nitrogen and oxygen atoms in total. The van der Waals surface area contributed by atoms with Crippen LogP contribution in [0.3, 0.4) is 0 Å². The van der Waals surface area contributed by atoms with Gasteiger partial charge in [-0.15, -0.1) is 0 Å². The number of hydrogen-bond donors (Lipinski definition) is 1. The fourth-order valence-electron chi connectivity index (χ4n) is 2.05. The quantitative estimate of drug-likeness (QED) is 0.725. The van der Waals surface area contributed by atoms with Crippen LogP contribution in [0.15, 0.2) is 0 Å². The molecule has 13 heavy (non-hydrogen) atoms. The number of ether oxygens (including phenoxy) is 1. The average Bonchev–Trinajstić information content (AvgIpc) is 2.15. The first kappa shape index (κ1) is 11.0. The van der Waals surface area contributed by atoms with E-state index in [1.54, 1.807) is 0 Å². The zero-order valence-electron chi connectivity index (χ0n) is 9.18. The van der Waals surface area contributed by atoms with Crippen LogP contribution in [0.5, 0.6) is 0 Å². The summed E-state index contributed by atoms with van der Waals surface area (Å²) in [6.07, 6.45) is 5.50. The van der Waals surface area contributed by atoms with Crippen LogP contribution in [-0.2, 0) is 4.74 Å². The van der Waals surface area contributed by atoms with Crippen molar-refractivity contribution in [3.05, 3.63) is 0 Å². The molecule has 0 aromatic rings. The van der Waals surface area contributed by atoms with Gasteiger partial charge in [-0.3, -0.25) is 0 Å². The molecule has 0 bridgehead atoms. The SMILES string of the molecule is CNC(CC(C)C)C1CCCCO1. The second kappa shape index (κ2) is 5.61. The van der Waals surface area contributed by atoms with E-state index in [0.717, 1.165) is 12.5 Å². The molecule has 0 aromatic heterocycles. The molecule has 1 aliphatic heterocycles. The molecule has 0 amide bonds. The summed E-state index contributed by atoms with van der Waals surface area (Å²) in [5, 5.41) is 3.38. The zero-order chi connectivity index (χ0) is 9.68. The Morgan fingerprint density at radius 3 is 2.62 bits per heavy atom. The lowest BCUT2D eigenvalue weighted by Gasteiger charge is -2.31. The molecule has 1 aliphatic rings. The van der Waals surface area contributed by atoms with E-state index in [0.29, 0.717) is 12.1 Å². The minimum Gasteiger partial charge on any atom is -0.377 e. The van der Waals surface area contributed by atoms with E-state index < -0.39 is 0 Å². The van der Waals surface area contributed by atoms with Crippen LogP contribution in [0.2, 0.25) is 0 Å². The summed E-state index contributed by atoms with van der Waals surface area (Å²) in [4.78, 5) is 0. The van der Waals surface area contributed by atoms with Crippen molar-refractivity contribution in [3.63, 3.8) is 0 Å². The van der Waals surface area contributed by atoms with Gasteiger partial charge in [-0.05, 0) is 38.6 Å². The molecule has 0 aromatic carbocycles. The summed E-state index contributed by atoms with van der Waals surface area (Å²) in [7, 11) is 2.05. The van der Waals surface area contributed by atoms with E-state index in [1.165, 1.54) is 25.7 Å². The van der Waals surface area contributed by atoms with Gasteiger partial charge in [0, 0.05) is 12.6 Å². The third-order valence-corrected chi connectivity index (χ3v) is 2.76. The van der Waals surface area contributed by atoms with Gasteiger partial charge in [-0.1, -0.05) is 13.8 Å². The maximum Gasteiger partial charge on any atom is 0.0728 e. The first-order chi connectivity index (χ1) is 6.24. The van der Waals surface area contributed by atoms with Crippen LogP contribution in [-0.4, -0.2) is 25.8 Å². The highest BCUT2D eigenvalue weighted by Crippen LogP contribution is 2.19. The van der Waals surface area contributed by atoms with Crippen molar-refractivity contribution in [2.75, 3.05) is 13.7 Å². The molecule has 1 fully saturated rings. The predicted octanol–water partition coefficient (Wildman–Crippen LogP) is 2.19. The van der Waals surface area contributed by atoms with Crippen LogP contribution in [0.1, 0.15) is 39.5 Å². The average molecular weight is 185 g/mol. The molecule has 1 saturated heterocycles. The van der Waals surface area contributed by atoms with Crippen molar-refractivity contribution < 1.29 is 4.74 Å². The molecular weight excluding hydrogens is 162 g/mol. The highest BCUT2D eigenvalue weighted by Gasteiger charge is 2.23. The van der Waals surface area contributed by atoms with Crippen molar-refractivity contribution in [1.82, 2.24) is 5.32 Å². The van der Waals surface area contributed by atoms with Crippen LogP contribution in [0, 0.1) is 5.92 Å². The van der Waals surface area contributed by atoms with Crippen molar-refractivity contribution in [2.45, 2.75) is 51.7 Å². The molecule has 0 saturated carbocycles. The zero-order valence-corrected chi connectivity index (χ0v) is 9.18. The Morgan fingerprint density at radius 2 is 2.15 bits per heavy atom. The molecular formula is C11H23NO. The summed E-state index contributed by atoms with van der Waals surface area (Å²) in [6, 6.07) is 0.556. The molecule has 2 atom stereocenters. The number of hydrogen-bond acceptors (Lipinski definition) is 2. The van der Waals surface area contributed by atoms with Crippen molar-refractivity contribution in [2.24, 2.45) is 5.92 Å². The molecule has 0 aliphatic carbocycles. The second-order valence-corrected chi connectivity index (χ2v) is 4.43. The Hall–Kier alpha value is -0.0800. The van der Waals surface area contributed by atoms with Gasteiger partial charge in [0.25, 0.3) is 0 Å². The topological polar surface area (TPSA) is 21.3 Å². The highest BCUT2D eigenvalue weighted by atomic mass is 16.5. The predicted molar refractivity (Wildman–Crippen MR) is 55.9 cm³/mol. The summed E-state index contributed by atoms with van der Waals surface area (Å²) in [6.45, 7) is 5.50. The third kappa shape index (κ3) is 3.65. The van der Waals surface area contributed by atoms with Gasteiger partial charge in [0.1, 0.15) is 0 Å². The van der Waals surface area contributed by atoms with Crippen molar-refractivity contribution in [3.8, 4) is 0 Å². The van der Waals surface area contributed by atoms with E-state index in [-0.39, 0.29) is 0 Å². The summed E-state index contributed by atoms with van der Waals surface area (Å²) < 4.78 is 5.77. The maximum absolute atomic E-state index is 5.77. The van der Waals surface area contributed by atoms with Crippen LogP contribution in [0.25, 0.3) is 0 Å². The fraction of sp³-hybridized carbons (Fsp3) is 1.00. The van der Waals surface area contributed by atoms with Gasteiger partial charge in [0.05, 0.1) is 6.10 Å². The summed E-state index contributed by atoms with van der Waals surface area (Å²) in [5.74, 6) is 0.753. The van der Waals surface area contributed by atoms with E-state index in [2.05, 4.69) is 19.2 Å². The van der Waals surface area contributed by atoms with Crippen molar-refractivity contribution >= 4 is 0 Å². The lowest BCUT2D eigenvalue weighted by Crippen LogP contribution is -2.42. The molecule has 1 N–H and O–H groups in total. The molecule has 1 rings (SSSR count). The highest BCUT2D eigenvalue weighted by molar-refractivity contribution is 4.79.